The first-order valence-corrected chi connectivity index (χ1v) is 23.9. The summed E-state index contributed by atoms with van der Waals surface area (Å²) in [7, 11) is 2.49. The largest absolute Gasteiger partial charge is 0.355 e. The Bertz CT molecular complexity index is 3580. The lowest BCUT2D eigenvalue weighted by atomic mass is 9.63. The predicted molar refractivity (Wildman–Crippen MR) is 281 cm³/mol. The van der Waals surface area contributed by atoms with Crippen LogP contribution in [0.1, 0.15) is 52.7 Å². The number of aromatic nitrogens is 1. The van der Waals surface area contributed by atoms with Crippen molar-refractivity contribution in [2.75, 3.05) is 10.2 Å². The lowest BCUT2D eigenvalue weighted by molar-refractivity contribution is 0.590. The highest BCUT2D eigenvalue weighted by atomic mass is 32.1. The predicted octanol–water partition coefficient (Wildman–Crippen LogP) is 15.8. The van der Waals surface area contributed by atoms with Gasteiger partial charge in [0.2, 0.25) is 7.28 Å². The van der Waals surface area contributed by atoms with E-state index in [0.29, 0.717) is 0 Å². The fourth-order valence-corrected chi connectivity index (χ4v) is 12.0. The van der Waals surface area contributed by atoms with Crippen molar-refractivity contribution in [3.63, 3.8) is 0 Å². The zero-order chi connectivity index (χ0) is 43.5. The van der Waals surface area contributed by atoms with Crippen LogP contribution in [0.2, 0.25) is 0 Å². The SMILES string of the molecule is CC(C)(C)c1ccc(Nc2cc(N(c3ccccc3)c3ccccc3)ccc2-c2ccc3c4cc5c(cc4n4c3c2[B]c2sc3ccc(C(C)(C)C)cc3c2-4)sc2ccccc25)cc1. The highest BCUT2D eigenvalue weighted by Gasteiger charge is 2.31. The Labute approximate surface area is 383 Å². The minimum absolute atomic E-state index is 0.0308. The van der Waals surface area contributed by atoms with Gasteiger partial charge in [0.05, 0.1) is 11.2 Å². The van der Waals surface area contributed by atoms with E-state index in [4.69, 9.17) is 0 Å². The molecule has 0 saturated heterocycles. The Balaban J connectivity index is 1.12. The summed E-state index contributed by atoms with van der Waals surface area (Å²) < 4.78 is 7.87. The number of nitrogens with one attached hydrogen (secondary N) is 1. The molecule has 0 amide bonds. The number of fused-ring (bicyclic) bond motifs is 10. The molecule has 4 heterocycles. The molecule has 0 bridgehead atoms. The third-order valence-electron chi connectivity index (χ3n) is 13.1. The zero-order valence-electron chi connectivity index (χ0n) is 37.0. The second-order valence-electron chi connectivity index (χ2n) is 19.3. The number of anilines is 5. The van der Waals surface area contributed by atoms with Gasteiger partial charge in [-0.3, -0.25) is 0 Å². The van der Waals surface area contributed by atoms with Gasteiger partial charge in [0.15, 0.2) is 0 Å². The van der Waals surface area contributed by atoms with Gasteiger partial charge in [-0.25, -0.2) is 0 Å². The molecule has 0 atom stereocenters. The average molecular weight is 861 g/mol. The van der Waals surface area contributed by atoms with E-state index in [2.05, 4.69) is 233 Å². The molecule has 11 aromatic rings. The monoisotopic (exact) mass is 860 g/mol. The summed E-state index contributed by atoms with van der Waals surface area (Å²) in [5.41, 5.74) is 15.6. The van der Waals surface area contributed by atoms with E-state index in [1.54, 1.807) is 0 Å². The van der Waals surface area contributed by atoms with Crippen molar-refractivity contribution in [1.82, 2.24) is 4.57 Å². The van der Waals surface area contributed by atoms with Crippen molar-refractivity contribution >= 4 is 121 Å². The third kappa shape index (κ3) is 6.29. The third-order valence-corrected chi connectivity index (χ3v) is 15.4. The lowest BCUT2D eigenvalue weighted by Gasteiger charge is -2.27. The molecule has 3 aromatic heterocycles. The number of benzene rings is 8. The Kier molecular flexibility index (Phi) is 8.82. The minimum atomic E-state index is 0.0308. The molecular formula is C58H47BN3S2. The molecule has 1 aliphatic rings. The molecule has 1 aliphatic heterocycles. The van der Waals surface area contributed by atoms with Crippen LogP contribution in [-0.2, 0) is 10.8 Å². The molecule has 3 nitrogen and oxygen atoms in total. The maximum absolute atomic E-state index is 3.96. The van der Waals surface area contributed by atoms with E-state index >= 15 is 0 Å². The number of thiophene rings is 2. The average Bonchev–Trinajstić information content (AvgIpc) is 3.95. The van der Waals surface area contributed by atoms with Crippen LogP contribution in [0.3, 0.4) is 0 Å². The normalized spacial score (nSPS) is 12.7. The van der Waals surface area contributed by atoms with Crippen molar-refractivity contribution in [2.45, 2.75) is 52.4 Å². The molecule has 0 saturated carbocycles. The van der Waals surface area contributed by atoms with Gasteiger partial charge in [0.25, 0.3) is 0 Å². The Morgan fingerprint density at radius 3 is 1.86 bits per heavy atom. The zero-order valence-corrected chi connectivity index (χ0v) is 38.6. The summed E-state index contributed by atoms with van der Waals surface area (Å²) in [6, 6.07) is 63.0. The fraction of sp³-hybridized carbons (Fsp3) is 0.138. The van der Waals surface area contributed by atoms with Crippen LogP contribution >= 0.6 is 22.7 Å². The molecule has 8 aromatic carbocycles. The maximum Gasteiger partial charge on any atom is 0.211 e. The van der Waals surface area contributed by atoms with E-state index in [1.807, 2.05) is 22.7 Å². The second kappa shape index (κ2) is 14.5. The van der Waals surface area contributed by atoms with Crippen LogP contribution < -0.4 is 20.5 Å². The molecule has 0 aliphatic carbocycles. The topological polar surface area (TPSA) is 20.2 Å². The van der Waals surface area contributed by atoms with Crippen molar-refractivity contribution in [2.24, 2.45) is 0 Å². The van der Waals surface area contributed by atoms with Gasteiger partial charge in [-0.15, -0.1) is 22.7 Å². The van der Waals surface area contributed by atoms with E-state index in [0.717, 1.165) is 34.0 Å². The van der Waals surface area contributed by atoms with Crippen LogP contribution in [-0.4, -0.2) is 11.8 Å². The van der Waals surface area contributed by atoms with Gasteiger partial charge in [0, 0.05) is 80.5 Å². The van der Waals surface area contributed by atoms with Gasteiger partial charge in [0.1, 0.15) is 0 Å². The lowest BCUT2D eigenvalue weighted by Crippen LogP contribution is -2.35. The van der Waals surface area contributed by atoms with Crippen LogP contribution in [0.25, 0.3) is 68.9 Å². The van der Waals surface area contributed by atoms with E-state index in [1.165, 1.54) is 84.7 Å². The first-order chi connectivity index (χ1) is 31.0. The second-order valence-corrected chi connectivity index (χ2v) is 21.5. The van der Waals surface area contributed by atoms with Gasteiger partial charge < -0.3 is 14.8 Å². The standard InChI is InChI=1S/C58H47BN3S2/c1-57(2,3)35-21-24-37(25-22-35)60-48-32-40(61(38-15-9-7-10-16-38)39-17-11-8-12-18-39)26-27-41(48)43-28-29-44-45-33-46-42-19-13-14-20-50(42)63-52(46)34-49(45)62-54(44)53(43)59-56-55(62)47-31-36(58(4,5)6)23-30-51(47)64-56/h7-34,60H,1-6H3. The fourth-order valence-electron chi connectivity index (χ4n) is 9.81. The van der Waals surface area contributed by atoms with E-state index < -0.39 is 0 Å². The van der Waals surface area contributed by atoms with Crippen molar-refractivity contribution in [1.29, 1.82) is 0 Å². The Morgan fingerprint density at radius 1 is 0.484 bits per heavy atom. The number of nitrogens with zero attached hydrogens (tertiary/aromatic N) is 2. The summed E-state index contributed by atoms with van der Waals surface area (Å²) in [6.45, 7) is 13.8. The minimum Gasteiger partial charge on any atom is -0.355 e. The Morgan fingerprint density at radius 2 is 1.14 bits per heavy atom. The van der Waals surface area contributed by atoms with Crippen LogP contribution in [0.4, 0.5) is 28.4 Å². The maximum atomic E-state index is 3.96. The van der Waals surface area contributed by atoms with Gasteiger partial charge >= 0.3 is 0 Å². The van der Waals surface area contributed by atoms with Crippen LogP contribution in [0.15, 0.2) is 170 Å². The number of hydrogen-bond donors (Lipinski definition) is 1. The van der Waals surface area contributed by atoms with Crippen LogP contribution in [0.5, 0.6) is 0 Å². The molecule has 12 rings (SSSR count). The number of rotatable bonds is 6. The number of hydrogen-bond acceptors (Lipinski definition) is 4. The van der Waals surface area contributed by atoms with Crippen molar-refractivity contribution < 1.29 is 0 Å². The summed E-state index contributed by atoms with van der Waals surface area (Å²) in [4.78, 5) is 2.35. The van der Waals surface area contributed by atoms with E-state index in [-0.39, 0.29) is 10.8 Å². The molecule has 309 valence electrons. The molecule has 1 radical (unpaired) electrons. The van der Waals surface area contributed by atoms with Gasteiger partial charge in [-0.1, -0.05) is 133 Å². The molecule has 0 spiro atoms. The van der Waals surface area contributed by atoms with Gasteiger partial charge in [-0.05, 0) is 117 Å². The van der Waals surface area contributed by atoms with Crippen LogP contribution in [0, 0.1) is 0 Å². The summed E-state index contributed by atoms with van der Waals surface area (Å²) in [6.07, 6.45) is 0. The highest BCUT2D eigenvalue weighted by molar-refractivity contribution is 7.29. The summed E-state index contributed by atoms with van der Waals surface area (Å²) >= 11 is 3.80. The molecule has 1 N–H and O–H groups in total. The molecule has 0 unspecified atom stereocenters. The molecule has 6 heteroatoms. The summed E-state index contributed by atoms with van der Waals surface area (Å²) in [5.74, 6) is 0. The Hall–Kier alpha value is -6.60. The quantitative estimate of drug-likeness (QED) is 0.168. The van der Waals surface area contributed by atoms with Gasteiger partial charge in [-0.2, -0.15) is 0 Å². The van der Waals surface area contributed by atoms with E-state index in [9.17, 15) is 0 Å². The molecule has 0 fully saturated rings. The molecular weight excluding hydrogens is 814 g/mol. The molecule has 64 heavy (non-hydrogen) atoms. The number of para-hydroxylation sites is 2. The van der Waals surface area contributed by atoms with Crippen molar-refractivity contribution in [3.8, 4) is 16.8 Å². The highest BCUT2D eigenvalue weighted by Crippen LogP contribution is 2.46. The first-order valence-electron chi connectivity index (χ1n) is 22.2. The first kappa shape index (κ1) is 39.0. The smallest absolute Gasteiger partial charge is 0.211 e. The summed E-state index contributed by atoms with van der Waals surface area (Å²) in [5, 5.41) is 10.5. The van der Waals surface area contributed by atoms with Crippen molar-refractivity contribution in [3.05, 3.63) is 181 Å².